The Labute approximate surface area is 323 Å². The van der Waals surface area contributed by atoms with E-state index in [9.17, 15) is 0 Å². The van der Waals surface area contributed by atoms with Crippen LogP contribution in [0.5, 0.6) is 0 Å². The van der Waals surface area contributed by atoms with Gasteiger partial charge in [0.2, 0.25) is 0 Å². The summed E-state index contributed by atoms with van der Waals surface area (Å²) in [6.07, 6.45) is 13.0. The van der Waals surface area contributed by atoms with Gasteiger partial charge < -0.3 is 4.90 Å². The topological polar surface area (TPSA) is 51.2 Å². The van der Waals surface area contributed by atoms with Gasteiger partial charge in [0.1, 0.15) is 17.5 Å². The number of aliphatic imine (C=N–C) groups is 1. The molecule has 1 aliphatic carbocycles. The van der Waals surface area contributed by atoms with E-state index >= 15 is 0 Å². The van der Waals surface area contributed by atoms with E-state index in [-0.39, 0.29) is 6.04 Å². The molecule has 0 bridgehead atoms. The number of aromatic nitrogens is 4. The van der Waals surface area contributed by atoms with Crippen LogP contribution >= 0.6 is 0 Å². The monoisotopic (exact) mass is 716 g/mol. The fourth-order valence-electron chi connectivity index (χ4n) is 8.82. The Balaban J connectivity index is 1.43. The van der Waals surface area contributed by atoms with Crippen molar-refractivity contribution < 1.29 is 0 Å². The largest absolute Gasteiger partial charge is 0.314 e. The minimum absolute atomic E-state index is 0.0663. The summed E-state index contributed by atoms with van der Waals surface area (Å²) < 4.78 is 4.62. The third-order valence-electron chi connectivity index (χ3n) is 11.4. The first-order chi connectivity index (χ1) is 26.8. The molecule has 2 atom stereocenters. The predicted octanol–water partition coefficient (Wildman–Crippen LogP) is 11.3. The highest BCUT2D eigenvalue weighted by molar-refractivity contribution is 6.16. The molecule has 6 nitrogen and oxygen atoms in total. The summed E-state index contributed by atoms with van der Waals surface area (Å²) in [5.41, 5.74) is 13.5. The van der Waals surface area contributed by atoms with Gasteiger partial charge in [-0.1, -0.05) is 97.1 Å². The third kappa shape index (κ3) is 5.35. The van der Waals surface area contributed by atoms with Gasteiger partial charge in [-0.2, -0.15) is 0 Å². The normalized spacial score (nSPS) is 17.7. The van der Waals surface area contributed by atoms with Crippen LogP contribution in [-0.2, 0) is 0 Å². The van der Waals surface area contributed by atoms with E-state index in [0.717, 1.165) is 90.3 Å². The molecule has 3 heterocycles. The number of para-hydroxylation sites is 5. The average molecular weight is 717 g/mol. The average Bonchev–Trinajstić information content (AvgIpc) is 3.84. The van der Waals surface area contributed by atoms with Crippen LogP contribution in [0.2, 0.25) is 0 Å². The second-order valence-electron chi connectivity index (χ2n) is 14.7. The Morgan fingerprint density at radius 2 is 1.15 bits per heavy atom. The zero-order chi connectivity index (χ0) is 37.8. The smallest absolute Gasteiger partial charge is 0.146 e. The van der Waals surface area contributed by atoms with Gasteiger partial charge in [-0.3, -0.25) is 14.1 Å². The van der Waals surface area contributed by atoms with E-state index in [1.807, 2.05) is 6.92 Å². The van der Waals surface area contributed by atoms with Crippen LogP contribution in [0.15, 0.2) is 151 Å². The molecule has 0 radical (unpaired) electrons. The maximum Gasteiger partial charge on any atom is 0.146 e. The van der Waals surface area contributed by atoms with Crippen molar-refractivity contribution in [2.75, 3.05) is 4.90 Å². The Bertz CT molecular complexity index is 2710. The van der Waals surface area contributed by atoms with Crippen molar-refractivity contribution in [1.82, 2.24) is 19.1 Å². The van der Waals surface area contributed by atoms with Crippen LogP contribution in [0.3, 0.4) is 0 Å². The third-order valence-corrected chi connectivity index (χ3v) is 11.4. The zero-order valence-corrected chi connectivity index (χ0v) is 32.2. The SMILES string of the molecule is C/C=C\c1nc(-c2c(C)c(C3=NC4C=CC=CC4(C)N3c3ccccc3)c(C)c(-c3nc4ccccc4n3-c3ccccc3)c2C)n(-c2ccccc2)c1C. The van der Waals surface area contributed by atoms with E-state index in [1.54, 1.807) is 0 Å². The second kappa shape index (κ2) is 13.4. The lowest BCUT2D eigenvalue weighted by Gasteiger charge is -2.39. The number of nitrogens with zero attached hydrogens (tertiary/aromatic N) is 6. The molecule has 6 heteroatoms. The van der Waals surface area contributed by atoms with Crippen LogP contribution in [-0.4, -0.2) is 36.5 Å². The molecule has 0 fully saturated rings. The Hall–Kier alpha value is -6.53. The molecule has 0 saturated heterocycles. The molecule has 0 saturated carbocycles. The van der Waals surface area contributed by atoms with E-state index in [1.165, 1.54) is 0 Å². The fourth-order valence-corrected chi connectivity index (χ4v) is 8.82. The van der Waals surface area contributed by atoms with Crippen molar-refractivity contribution in [1.29, 1.82) is 0 Å². The number of amidine groups is 1. The first kappa shape index (κ1) is 34.3. The summed E-state index contributed by atoms with van der Waals surface area (Å²) in [6, 6.07) is 40.2. The molecule has 55 heavy (non-hydrogen) atoms. The summed E-state index contributed by atoms with van der Waals surface area (Å²) in [7, 11) is 0. The number of fused-ring (bicyclic) bond motifs is 2. The van der Waals surface area contributed by atoms with Crippen molar-refractivity contribution in [2.24, 2.45) is 4.99 Å². The number of hydrogen-bond donors (Lipinski definition) is 0. The summed E-state index contributed by atoms with van der Waals surface area (Å²) in [4.78, 5) is 19.0. The first-order valence-corrected chi connectivity index (χ1v) is 19.1. The van der Waals surface area contributed by atoms with Crippen LogP contribution < -0.4 is 4.90 Å². The summed E-state index contributed by atoms with van der Waals surface area (Å²) >= 11 is 0. The first-order valence-electron chi connectivity index (χ1n) is 19.1. The van der Waals surface area contributed by atoms with Crippen molar-refractivity contribution in [3.63, 3.8) is 0 Å². The van der Waals surface area contributed by atoms with E-state index in [4.69, 9.17) is 15.0 Å². The minimum Gasteiger partial charge on any atom is -0.314 e. The molecule has 2 unspecified atom stereocenters. The highest BCUT2D eigenvalue weighted by Crippen LogP contribution is 2.46. The van der Waals surface area contributed by atoms with Gasteiger partial charge in [0.15, 0.2) is 0 Å². The van der Waals surface area contributed by atoms with Gasteiger partial charge in [-0.15, -0.1) is 0 Å². The van der Waals surface area contributed by atoms with Gasteiger partial charge in [-0.05, 0) is 113 Å². The Morgan fingerprint density at radius 1 is 0.600 bits per heavy atom. The highest BCUT2D eigenvalue weighted by Gasteiger charge is 2.47. The summed E-state index contributed by atoms with van der Waals surface area (Å²) in [5.74, 6) is 2.73. The van der Waals surface area contributed by atoms with Gasteiger partial charge in [0.25, 0.3) is 0 Å². The maximum absolute atomic E-state index is 5.63. The lowest BCUT2D eigenvalue weighted by Crippen LogP contribution is -2.50. The van der Waals surface area contributed by atoms with Crippen LogP contribution in [0.25, 0.3) is 51.3 Å². The van der Waals surface area contributed by atoms with Gasteiger partial charge in [0, 0.05) is 39.4 Å². The van der Waals surface area contributed by atoms with Crippen LogP contribution in [0.4, 0.5) is 5.69 Å². The standard InChI is InChI=1S/C49H44N6/c1-7-21-39-35(5)53(36-22-11-8-12-23-36)46(50-39)43-32(2)44(47-51-40-28-17-18-29-41(40)54(47)37-24-13-9-14-25-37)34(4)45(33(43)3)48-52-42-30-19-20-31-49(42,6)55(48)38-26-15-10-16-27-38/h7-31,42H,1-6H3/b21-7-. The molecule has 5 aromatic carbocycles. The zero-order valence-electron chi connectivity index (χ0n) is 32.2. The molecule has 0 amide bonds. The Morgan fingerprint density at radius 3 is 1.78 bits per heavy atom. The number of imidazole rings is 2. The van der Waals surface area contributed by atoms with Crippen LogP contribution in [0, 0.1) is 27.7 Å². The van der Waals surface area contributed by atoms with Gasteiger partial charge in [0.05, 0.1) is 28.3 Å². The molecule has 7 aromatic rings. The number of rotatable bonds is 7. The number of hydrogen-bond acceptors (Lipinski definition) is 4. The van der Waals surface area contributed by atoms with Gasteiger partial charge >= 0.3 is 0 Å². The lowest BCUT2D eigenvalue weighted by atomic mass is 9.85. The predicted molar refractivity (Wildman–Crippen MR) is 229 cm³/mol. The maximum atomic E-state index is 5.63. The minimum atomic E-state index is -0.398. The second-order valence-corrected chi connectivity index (χ2v) is 14.7. The highest BCUT2D eigenvalue weighted by atomic mass is 15.3. The molecule has 0 N–H and O–H groups in total. The number of allylic oxidation sites excluding steroid dienone is 3. The molecule has 2 aromatic heterocycles. The summed E-state index contributed by atoms with van der Waals surface area (Å²) in [6.45, 7) is 13.3. The van der Waals surface area contributed by atoms with Crippen molar-refractivity contribution in [3.05, 3.63) is 179 Å². The van der Waals surface area contributed by atoms with Crippen molar-refractivity contribution >= 4 is 28.6 Å². The molecule has 9 rings (SSSR count). The lowest BCUT2D eigenvalue weighted by molar-refractivity contribution is 0.546. The fraction of sp³-hybridized carbons (Fsp3) is 0.163. The molecule has 1 aliphatic heterocycles. The number of benzene rings is 5. The van der Waals surface area contributed by atoms with Gasteiger partial charge in [-0.25, -0.2) is 9.97 Å². The van der Waals surface area contributed by atoms with E-state index in [0.29, 0.717) is 0 Å². The Kier molecular flexibility index (Phi) is 8.34. The molecular formula is C49H44N6. The molecule has 0 spiro atoms. The van der Waals surface area contributed by atoms with E-state index in [2.05, 4.69) is 200 Å². The quantitative estimate of drug-likeness (QED) is 0.165. The molecular weight excluding hydrogens is 673 g/mol. The van der Waals surface area contributed by atoms with Crippen molar-refractivity contribution in [3.8, 4) is 34.2 Å². The van der Waals surface area contributed by atoms with Crippen LogP contribution in [0.1, 0.15) is 47.5 Å². The summed E-state index contributed by atoms with van der Waals surface area (Å²) in [5, 5.41) is 0. The van der Waals surface area contributed by atoms with Crippen molar-refractivity contribution in [2.45, 2.75) is 53.1 Å². The molecule has 2 aliphatic rings. The molecule has 270 valence electrons. The number of anilines is 1. The van der Waals surface area contributed by atoms with E-state index < -0.39 is 5.54 Å².